The molecule has 1 unspecified atom stereocenters. The molecule has 0 bridgehead atoms. The summed E-state index contributed by atoms with van der Waals surface area (Å²) in [6, 6.07) is 7.40. The molecule has 2 heterocycles. The summed E-state index contributed by atoms with van der Waals surface area (Å²) in [5.41, 5.74) is -0.530. The van der Waals surface area contributed by atoms with Crippen molar-refractivity contribution in [3.05, 3.63) is 58.0 Å². The number of ether oxygens (including phenoxy) is 1. The van der Waals surface area contributed by atoms with E-state index < -0.39 is 31.7 Å². The van der Waals surface area contributed by atoms with Gasteiger partial charge in [0, 0.05) is 17.8 Å². The van der Waals surface area contributed by atoms with Gasteiger partial charge in [-0.25, -0.2) is 9.97 Å². The fraction of sp³-hybridized carbons (Fsp3) is 0.200. The summed E-state index contributed by atoms with van der Waals surface area (Å²) >= 11 is 3.13. The number of carbonyl (C=O) groups excluding carboxylic acids is 1. The molecule has 36 heavy (non-hydrogen) atoms. The van der Waals surface area contributed by atoms with Crippen molar-refractivity contribution >= 4 is 53.2 Å². The van der Waals surface area contributed by atoms with E-state index in [4.69, 9.17) is 9.63 Å². The Balaban J connectivity index is 1.98. The zero-order valence-electron chi connectivity index (χ0n) is 18.6. The monoisotopic (exact) mass is 589 g/mol. The number of nitrogens with zero attached hydrogens (tertiary/aromatic N) is 3. The van der Waals surface area contributed by atoms with Gasteiger partial charge in [0.15, 0.2) is 5.69 Å². The molecule has 0 fully saturated rings. The number of benzene rings is 1. The van der Waals surface area contributed by atoms with Gasteiger partial charge < -0.3 is 20.7 Å². The molecule has 1 atom stereocenters. The third kappa shape index (κ3) is 6.85. The minimum atomic E-state index is -4.80. The van der Waals surface area contributed by atoms with E-state index in [9.17, 15) is 22.5 Å². The number of alkyl halides is 3. The van der Waals surface area contributed by atoms with Crippen LogP contribution in [-0.2, 0) is 21.9 Å². The van der Waals surface area contributed by atoms with Crippen LogP contribution in [0.4, 0.5) is 36.3 Å². The Morgan fingerprint density at radius 1 is 1.17 bits per heavy atom. The molecule has 190 valence electrons. The summed E-state index contributed by atoms with van der Waals surface area (Å²) in [4.78, 5) is 32.7. The Hall–Kier alpha value is -3.39. The van der Waals surface area contributed by atoms with Crippen LogP contribution in [0.25, 0.3) is 0 Å². The highest BCUT2D eigenvalue weighted by atomic mass is 79.9. The zero-order valence-corrected chi connectivity index (χ0v) is 21.0. The number of aromatic nitrogens is 3. The number of halogens is 4. The van der Waals surface area contributed by atoms with Crippen LogP contribution in [0.5, 0.6) is 5.75 Å². The smallest absolute Gasteiger partial charge is 0.495 e. The van der Waals surface area contributed by atoms with E-state index >= 15 is 0 Å². The summed E-state index contributed by atoms with van der Waals surface area (Å²) in [5.74, 6) is -1.21. The second-order valence-electron chi connectivity index (χ2n) is 6.86. The van der Waals surface area contributed by atoms with Gasteiger partial charge in [-0.05, 0) is 45.8 Å². The van der Waals surface area contributed by atoms with Gasteiger partial charge in [0.25, 0.3) is 5.91 Å². The molecule has 0 saturated carbocycles. The third-order valence-electron chi connectivity index (χ3n) is 4.50. The molecule has 11 nitrogen and oxygen atoms in total. The second-order valence-corrected chi connectivity index (χ2v) is 8.41. The zero-order chi connectivity index (χ0) is 26.5. The Bertz CT molecular complexity index is 1300. The number of rotatable bonds is 9. The van der Waals surface area contributed by atoms with Gasteiger partial charge >= 0.3 is 14.4 Å². The Morgan fingerprint density at radius 3 is 2.53 bits per heavy atom. The van der Waals surface area contributed by atoms with Gasteiger partial charge in [0.2, 0.25) is 5.95 Å². The van der Waals surface area contributed by atoms with Gasteiger partial charge in [-0.15, -0.1) is 9.42 Å². The van der Waals surface area contributed by atoms with Crippen molar-refractivity contribution in [1.29, 1.82) is 0 Å². The van der Waals surface area contributed by atoms with Crippen molar-refractivity contribution in [1.82, 2.24) is 20.3 Å². The maximum atomic E-state index is 13.7. The van der Waals surface area contributed by atoms with Crippen LogP contribution in [0.1, 0.15) is 21.6 Å². The highest BCUT2D eigenvalue weighted by molar-refractivity contribution is 9.10. The predicted octanol–water partition coefficient (Wildman–Crippen LogP) is 4.67. The molecule has 16 heteroatoms. The molecule has 4 N–H and O–H groups in total. The van der Waals surface area contributed by atoms with Gasteiger partial charge in [-0.1, -0.05) is 6.07 Å². The fourth-order valence-electron chi connectivity index (χ4n) is 2.88. The number of carbonyl (C=O) groups is 1. The van der Waals surface area contributed by atoms with Gasteiger partial charge in [0.1, 0.15) is 28.3 Å². The van der Waals surface area contributed by atoms with Gasteiger partial charge in [0.05, 0.1) is 18.5 Å². The molecule has 3 rings (SSSR count). The van der Waals surface area contributed by atoms with Crippen LogP contribution in [0.2, 0.25) is 0 Å². The van der Waals surface area contributed by atoms with Crippen molar-refractivity contribution in [3.8, 4) is 5.75 Å². The average Bonchev–Trinajstić information content (AvgIpc) is 2.83. The number of hydrogen-bond acceptors (Lipinski definition) is 9. The topological polar surface area (TPSA) is 148 Å². The van der Waals surface area contributed by atoms with Crippen molar-refractivity contribution in [3.63, 3.8) is 0 Å². The van der Waals surface area contributed by atoms with Crippen LogP contribution >= 0.6 is 24.2 Å². The standard InChI is InChI=1S/C20H17BrF3N6O5P/c1-25-18(31)16-13(5-6-15(21)29-16)27-17-11(20(22,23)24)8-26-19(30-17)28-12-4-3-10(7-14(12)34-2)9-35-36(32)33/h3-8H,9H2,1-2H3,(H3-,25,26,27,28,30,31,32,33)/p+1. The molecule has 0 spiro atoms. The Labute approximate surface area is 211 Å². The molecular weight excluding hydrogens is 572 g/mol. The van der Waals surface area contributed by atoms with E-state index in [-0.39, 0.29) is 29.7 Å². The summed E-state index contributed by atoms with van der Waals surface area (Å²) < 4.78 is 62.0. The maximum absolute atomic E-state index is 13.7. The van der Waals surface area contributed by atoms with E-state index in [1.165, 1.54) is 38.4 Å². The van der Waals surface area contributed by atoms with Crippen LogP contribution in [-0.4, -0.2) is 39.9 Å². The average molecular weight is 590 g/mol. The summed E-state index contributed by atoms with van der Waals surface area (Å²) in [7, 11) is -0.0719. The molecule has 2 aromatic heterocycles. The van der Waals surface area contributed by atoms with Crippen LogP contribution in [0.3, 0.4) is 0 Å². The first-order valence-corrected chi connectivity index (χ1v) is 11.8. The highest BCUT2D eigenvalue weighted by Crippen LogP contribution is 2.36. The SMILES string of the molecule is CNC(=O)c1nc(Br)ccc1Nc1nc(Nc2ccc(CO[P+](=O)O)cc2OC)ncc1C(F)(F)F. The van der Waals surface area contributed by atoms with Gasteiger partial charge in [-0.2, -0.15) is 18.2 Å². The van der Waals surface area contributed by atoms with Crippen LogP contribution in [0.15, 0.2) is 41.1 Å². The summed E-state index contributed by atoms with van der Waals surface area (Å²) in [6.07, 6.45) is -4.21. The quantitative estimate of drug-likeness (QED) is 0.205. The molecule has 3 aromatic rings. The lowest BCUT2D eigenvalue weighted by molar-refractivity contribution is -0.137. The molecule has 0 saturated heterocycles. The molecule has 0 aliphatic rings. The van der Waals surface area contributed by atoms with Crippen LogP contribution in [0, 0.1) is 0 Å². The summed E-state index contributed by atoms with van der Waals surface area (Å²) in [5, 5.41) is 7.67. The normalized spacial score (nSPS) is 11.6. The van der Waals surface area contributed by atoms with E-state index in [1.54, 1.807) is 6.07 Å². The van der Waals surface area contributed by atoms with E-state index in [0.29, 0.717) is 22.1 Å². The van der Waals surface area contributed by atoms with Gasteiger partial charge in [-0.3, -0.25) is 4.79 Å². The molecule has 1 aromatic carbocycles. The number of methoxy groups -OCH3 is 1. The van der Waals surface area contributed by atoms with E-state index in [2.05, 4.69) is 51.4 Å². The maximum Gasteiger partial charge on any atom is 0.695 e. The lowest BCUT2D eigenvalue weighted by atomic mass is 10.2. The third-order valence-corrected chi connectivity index (χ3v) is 5.30. The molecule has 1 amide bonds. The number of nitrogens with one attached hydrogen (secondary N) is 3. The van der Waals surface area contributed by atoms with Crippen molar-refractivity contribution < 1.29 is 36.7 Å². The number of pyridine rings is 1. The lowest BCUT2D eigenvalue weighted by Crippen LogP contribution is -2.21. The number of amides is 1. The molecular formula is C20H18BrF3N6O5P+. The second kappa shape index (κ2) is 11.6. The largest absolute Gasteiger partial charge is 0.695 e. The molecule has 0 aliphatic heterocycles. The predicted molar refractivity (Wildman–Crippen MR) is 127 cm³/mol. The Kier molecular flexibility index (Phi) is 8.74. The minimum Gasteiger partial charge on any atom is -0.495 e. The fourth-order valence-corrected chi connectivity index (χ4v) is 3.45. The minimum absolute atomic E-state index is 0.0168. The first kappa shape index (κ1) is 27.2. The molecule has 0 radical (unpaired) electrons. The van der Waals surface area contributed by atoms with Crippen molar-refractivity contribution in [2.75, 3.05) is 24.8 Å². The lowest BCUT2D eigenvalue weighted by Gasteiger charge is -2.17. The van der Waals surface area contributed by atoms with E-state index in [1.807, 2.05) is 0 Å². The van der Waals surface area contributed by atoms with Crippen molar-refractivity contribution in [2.45, 2.75) is 12.8 Å². The number of anilines is 4. The van der Waals surface area contributed by atoms with Crippen LogP contribution < -0.4 is 20.7 Å². The Morgan fingerprint density at radius 2 is 1.89 bits per heavy atom. The van der Waals surface area contributed by atoms with E-state index in [0.717, 1.165) is 0 Å². The first-order chi connectivity index (χ1) is 17.0. The highest BCUT2D eigenvalue weighted by Gasteiger charge is 2.36. The van der Waals surface area contributed by atoms with Crippen molar-refractivity contribution in [2.24, 2.45) is 0 Å². The first-order valence-electron chi connectivity index (χ1n) is 9.84. The summed E-state index contributed by atoms with van der Waals surface area (Å²) in [6.45, 7) is -0.165. The number of hydrogen-bond donors (Lipinski definition) is 4. The molecule has 0 aliphatic carbocycles.